The van der Waals surface area contributed by atoms with Gasteiger partial charge in [-0.05, 0) is 55.0 Å². The second kappa shape index (κ2) is 8.33. The summed E-state index contributed by atoms with van der Waals surface area (Å²) < 4.78 is 58.7. The summed E-state index contributed by atoms with van der Waals surface area (Å²) >= 11 is 0. The summed E-state index contributed by atoms with van der Waals surface area (Å²) in [5.74, 6) is -0.155. The van der Waals surface area contributed by atoms with Crippen molar-refractivity contribution in [2.24, 2.45) is 0 Å². The lowest BCUT2D eigenvalue weighted by Gasteiger charge is -2.34. The Morgan fingerprint density at radius 2 is 1.59 bits per heavy atom. The van der Waals surface area contributed by atoms with E-state index >= 15 is 0 Å². The molecule has 0 aliphatic carbocycles. The smallest absolute Gasteiger partial charge is 0.243 e. The highest BCUT2D eigenvalue weighted by Crippen LogP contribution is 2.22. The summed E-state index contributed by atoms with van der Waals surface area (Å²) in [4.78, 5) is 2.27. The number of benzene rings is 2. The maximum atomic E-state index is 13.2. The van der Waals surface area contributed by atoms with Crippen molar-refractivity contribution < 1.29 is 21.9 Å². The number of halogens is 2. The molecular formula is C19H22F2N2O3S. The van der Waals surface area contributed by atoms with Crippen LogP contribution in [-0.4, -0.2) is 57.0 Å². The maximum Gasteiger partial charge on any atom is 0.243 e. The van der Waals surface area contributed by atoms with Gasteiger partial charge in [-0.15, -0.1) is 0 Å². The van der Waals surface area contributed by atoms with Gasteiger partial charge in [-0.3, -0.25) is 4.90 Å². The molecule has 146 valence electrons. The van der Waals surface area contributed by atoms with Gasteiger partial charge in [0, 0.05) is 32.7 Å². The molecule has 0 aromatic heterocycles. The van der Waals surface area contributed by atoms with Crippen molar-refractivity contribution in [1.82, 2.24) is 9.21 Å². The van der Waals surface area contributed by atoms with Gasteiger partial charge in [-0.25, -0.2) is 17.2 Å². The van der Waals surface area contributed by atoms with Gasteiger partial charge in [0.25, 0.3) is 0 Å². The fourth-order valence-corrected chi connectivity index (χ4v) is 4.69. The Morgan fingerprint density at radius 1 is 0.963 bits per heavy atom. The molecule has 0 atom stereocenters. The minimum absolute atomic E-state index is 0.150. The summed E-state index contributed by atoms with van der Waals surface area (Å²) in [5, 5.41) is 0. The first kappa shape index (κ1) is 19.7. The molecular weight excluding hydrogens is 374 g/mol. The van der Waals surface area contributed by atoms with Crippen LogP contribution < -0.4 is 4.74 Å². The van der Waals surface area contributed by atoms with Crippen molar-refractivity contribution in [3.8, 4) is 5.75 Å². The Bertz CT molecular complexity index is 880. The zero-order valence-electron chi connectivity index (χ0n) is 15.1. The second-order valence-electron chi connectivity index (χ2n) is 6.46. The van der Waals surface area contributed by atoms with E-state index in [4.69, 9.17) is 4.74 Å². The largest absolute Gasteiger partial charge is 0.492 e. The molecule has 0 bridgehead atoms. The zero-order valence-corrected chi connectivity index (χ0v) is 15.9. The van der Waals surface area contributed by atoms with Crippen molar-refractivity contribution in [2.75, 3.05) is 39.3 Å². The number of piperazine rings is 1. The molecule has 27 heavy (non-hydrogen) atoms. The van der Waals surface area contributed by atoms with Crippen LogP contribution in [0.15, 0.2) is 47.4 Å². The number of hydrogen-bond acceptors (Lipinski definition) is 4. The normalized spacial score (nSPS) is 16.4. The third kappa shape index (κ3) is 4.82. The SMILES string of the molecule is Cc1cc(F)ccc1S(=O)(=O)N1CCN(CCOc2ccc(F)cc2)CC1. The first-order valence-electron chi connectivity index (χ1n) is 8.73. The van der Waals surface area contributed by atoms with Crippen LogP contribution in [0.4, 0.5) is 8.78 Å². The molecule has 0 unspecified atom stereocenters. The van der Waals surface area contributed by atoms with Gasteiger partial charge >= 0.3 is 0 Å². The Labute approximate surface area is 158 Å². The van der Waals surface area contributed by atoms with E-state index in [0.717, 1.165) is 0 Å². The van der Waals surface area contributed by atoms with Crippen molar-refractivity contribution in [3.05, 3.63) is 59.7 Å². The predicted molar refractivity (Wildman–Crippen MR) is 98.2 cm³/mol. The highest BCUT2D eigenvalue weighted by molar-refractivity contribution is 7.89. The number of aryl methyl sites for hydroxylation is 1. The fraction of sp³-hybridized carbons (Fsp3) is 0.368. The lowest BCUT2D eigenvalue weighted by Crippen LogP contribution is -2.49. The standard InChI is InChI=1S/C19H22F2N2O3S/c1-15-14-17(21)4-7-19(15)27(24,25)23-10-8-22(9-11-23)12-13-26-18-5-2-16(20)3-6-18/h2-7,14H,8-13H2,1H3. The average Bonchev–Trinajstić information content (AvgIpc) is 2.63. The van der Waals surface area contributed by atoms with E-state index < -0.39 is 15.8 Å². The van der Waals surface area contributed by atoms with Crippen molar-refractivity contribution in [1.29, 1.82) is 0 Å². The van der Waals surface area contributed by atoms with E-state index in [1.807, 2.05) is 0 Å². The van der Waals surface area contributed by atoms with Crippen LogP contribution in [0.2, 0.25) is 0 Å². The summed E-state index contributed by atoms with van der Waals surface area (Å²) in [6.45, 7) is 4.61. The van der Waals surface area contributed by atoms with Crippen LogP contribution in [0.5, 0.6) is 5.75 Å². The summed E-state index contributed by atoms with van der Waals surface area (Å²) in [7, 11) is -3.63. The van der Waals surface area contributed by atoms with Crippen molar-refractivity contribution >= 4 is 10.0 Å². The van der Waals surface area contributed by atoms with Gasteiger partial charge in [0.15, 0.2) is 0 Å². The second-order valence-corrected chi connectivity index (χ2v) is 8.36. The van der Waals surface area contributed by atoms with E-state index in [-0.39, 0.29) is 10.7 Å². The van der Waals surface area contributed by atoms with Crippen LogP contribution >= 0.6 is 0 Å². The molecule has 8 heteroatoms. The lowest BCUT2D eigenvalue weighted by atomic mass is 10.2. The quantitative estimate of drug-likeness (QED) is 0.753. The number of ether oxygens (including phenoxy) is 1. The van der Waals surface area contributed by atoms with Crippen molar-refractivity contribution in [3.63, 3.8) is 0 Å². The highest BCUT2D eigenvalue weighted by Gasteiger charge is 2.29. The fourth-order valence-electron chi connectivity index (χ4n) is 3.06. The Kier molecular flexibility index (Phi) is 6.08. The lowest BCUT2D eigenvalue weighted by molar-refractivity contribution is 0.159. The number of hydrogen-bond donors (Lipinski definition) is 0. The number of rotatable bonds is 6. The third-order valence-electron chi connectivity index (χ3n) is 4.58. The monoisotopic (exact) mass is 396 g/mol. The zero-order chi connectivity index (χ0) is 19.4. The highest BCUT2D eigenvalue weighted by atomic mass is 32.2. The number of sulfonamides is 1. The Hall–Kier alpha value is -2.03. The molecule has 0 N–H and O–H groups in total. The van der Waals surface area contributed by atoms with Gasteiger partial charge in [-0.2, -0.15) is 4.31 Å². The first-order valence-corrected chi connectivity index (χ1v) is 10.2. The van der Waals surface area contributed by atoms with E-state index in [9.17, 15) is 17.2 Å². The van der Waals surface area contributed by atoms with Gasteiger partial charge < -0.3 is 4.74 Å². The first-order chi connectivity index (χ1) is 12.9. The third-order valence-corrected chi connectivity index (χ3v) is 6.63. The molecule has 2 aromatic carbocycles. The minimum Gasteiger partial charge on any atom is -0.492 e. The maximum absolute atomic E-state index is 13.2. The van der Waals surface area contributed by atoms with Crippen LogP contribution in [0, 0.1) is 18.6 Å². The van der Waals surface area contributed by atoms with E-state index in [2.05, 4.69) is 4.90 Å². The minimum atomic E-state index is -3.63. The van der Waals surface area contributed by atoms with Crippen LogP contribution in [0.25, 0.3) is 0 Å². The Morgan fingerprint density at radius 3 is 2.22 bits per heavy atom. The topological polar surface area (TPSA) is 49.9 Å². The van der Waals surface area contributed by atoms with E-state index in [0.29, 0.717) is 50.6 Å². The van der Waals surface area contributed by atoms with Crippen LogP contribution in [0.3, 0.4) is 0 Å². The molecule has 0 radical (unpaired) electrons. The molecule has 5 nitrogen and oxygen atoms in total. The summed E-state index contributed by atoms with van der Waals surface area (Å²) in [6.07, 6.45) is 0. The molecule has 0 spiro atoms. The van der Waals surface area contributed by atoms with Crippen molar-refractivity contribution in [2.45, 2.75) is 11.8 Å². The molecule has 1 heterocycles. The average molecular weight is 396 g/mol. The Balaban J connectivity index is 1.51. The molecule has 1 aliphatic rings. The summed E-state index contributed by atoms with van der Waals surface area (Å²) in [6, 6.07) is 9.56. The van der Waals surface area contributed by atoms with Gasteiger partial charge in [0.05, 0.1) is 4.90 Å². The predicted octanol–water partition coefficient (Wildman–Crippen LogP) is 2.66. The van der Waals surface area contributed by atoms with Gasteiger partial charge in [0.1, 0.15) is 24.0 Å². The van der Waals surface area contributed by atoms with E-state index in [1.165, 1.54) is 34.6 Å². The molecule has 1 aliphatic heterocycles. The molecule has 0 saturated carbocycles. The van der Waals surface area contributed by atoms with Gasteiger partial charge in [0.2, 0.25) is 10.0 Å². The van der Waals surface area contributed by atoms with Crippen LogP contribution in [-0.2, 0) is 10.0 Å². The van der Waals surface area contributed by atoms with Crippen LogP contribution in [0.1, 0.15) is 5.56 Å². The molecule has 1 fully saturated rings. The molecule has 2 aromatic rings. The summed E-state index contributed by atoms with van der Waals surface area (Å²) in [5.41, 5.74) is 0.408. The molecule has 0 amide bonds. The molecule has 1 saturated heterocycles. The number of nitrogens with zero attached hydrogens (tertiary/aromatic N) is 2. The van der Waals surface area contributed by atoms with Gasteiger partial charge in [-0.1, -0.05) is 0 Å². The molecule has 3 rings (SSSR count). The van der Waals surface area contributed by atoms with E-state index in [1.54, 1.807) is 19.1 Å².